The van der Waals surface area contributed by atoms with E-state index in [0.717, 1.165) is 17.2 Å². The van der Waals surface area contributed by atoms with Gasteiger partial charge in [-0.05, 0) is 42.7 Å². The second-order valence-corrected chi connectivity index (χ2v) is 6.31. The molecule has 3 aromatic heterocycles. The quantitative estimate of drug-likeness (QED) is 0.593. The van der Waals surface area contributed by atoms with Crippen LogP contribution >= 0.6 is 0 Å². The molecule has 0 fully saturated rings. The average Bonchev–Trinajstić information content (AvgIpc) is 3.24. The van der Waals surface area contributed by atoms with Gasteiger partial charge in [-0.1, -0.05) is 26.0 Å². The van der Waals surface area contributed by atoms with Crippen molar-refractivity contribution in [1.82, 2.24) is 19.6 Å². The Labute approximate surface area is 145 Å². The molecule has 0 amide bonds. The molecule has 3 heterocycles. The Kier molecular flexibility index (Phi) is 3.72. The fourth-order valence-corrected chi connectivity index (χ4v) is 2.69. The van der Waals surface area contributed by atoms with E-state index < -0.39 is 0 Å². The lowest BCUT2D eigenvalue weighted by atomic mass is 10.0. The van der Waals surface area contributed by atoms with Crippen LogP contribution in [0.2, 0.25) is 0 Å². The highest BCUT2D eigenvalue weighted by Crippen LogP contribution is 2.23. The molecule has 0 radical (unpaired) electrons. The zero-order valence-electron chi connectivity index (χ0n) is 14.4. The van der Waals surface area contributed by atoms with Crippen molar-refractivity contribution < 1.29 is 4.42 Å². The maximum absolute atomic E-state index is 5.39. The summed E-state index contributed by atoms with van der Waals surface area (Å²) in [7, 11) is 0. The molecule has 0 bridgehead atoms. The number of hydrogen-bond donors (Lipinski definition) is 1. The number of nitrogens with zero attached hydrogens (tertiary/aromatic N) is 4. The van der Waals surface area contributed by atoms with Crippen molar-refractivity contribution in [2.45, 2.75) is 26.7 Å². The van der Waals surface area contributed by atoms with Crippen LogP contribution in [0, 0.1) is 6.92 Å². The maximum atomic E-state index is 5.39. The second-order valence-electron chi connectivity index (χ2n) is 6.31. The number of furan rings is 1. The number of aryl methyl sites for hydroxylation is 1. The maximum Gasteiger partial charge on any atom is 0.255 e. The number of benzene rings is 1. The molecule has 0 aliphatic heterocycles. The van der Waals surface area contributed by atoms with Gasteiger partial charge in [-0.2, -0.15) is 9.50 Å². The van der Waals surface area contributed by atoms with Crippen molar-refractivity contribution in [3.05, 3.63) is 60.0 Å². The number of hydrogen-bond acceptors (Lipinski definition) is 5. The van der Waals surface area contributed by atoms with Crippen molar-refractivity contribution in [1.29, 1.82) is 0 Å². The van der Waals surface area contributed by atoms with Crippen molar-refractivity contribution in [2.75, 3.05) is 5.32 Å². The molecule has 1 N–H and O–H groups in total. The fraction of sp³-hybridized carbons (Fsp3) is 0.211. The van der Waals surface area contributed by atoms with E-state index >= 15 is 0 Å². The Morgan fingerprint density at radius 1 is 1.08 bits per heavy atom. The van der Waals surface area contributed by atoms with E-state index in [4.69, 9.17) is 4.42 Å². The molecule has 0 saturated heterocycles. The first kappa shape index (κ1) is 15.4. The highest BCUT2D eigenvalue weighted by Gasteiger charge is 2.13. The van der Waals surface area contributed by atoms with Gasteiger partial charge in [-0.25, -0.2) is 4.98 Å². The SMILES string of the molecule is Cc1cc(Nc2ccc(C(C)C)cc2)n2nc(-c3ccco3)nc2n1. The number of rotatable bonds is 4. The summed E-state index contributed by atoms with van der Waals surface area (Å²) in [5.74, 6) is 2.99. The van der Waals surface area contributed by atoms with Gasteiger partial charge >= 0.3 is 0 Å². The molecule has 25 heavy (non-hydrogen) atoms. The predicted molar refractivity (Wildman–Crippen MR) is 97.0 cm³/mol. The monoisotopic (exact) mass is 333 g/mol. The van der Waals surface area contributed by atoms with Gasteiger partial charge in [0.1, 0.15) is 5.82 Å². The van der Waals surface area contributed by atoms with Gasteiger partial charge in [0.15, 0.2) is 5.76 Å². The number of fused-ring (bicyclic) bond motifs is 1. The van der Waals surface area contributed by atoms with Crippen molar-refractivity contribution in [3.63, 3.8) is 0 Å². The number of anilines is 2. The van der Waals surface area contributed by atoms with Crippen LogP contribution in [0.5, 0.6) is 0 Å². The van der Waals surface area contributed by atoms with Crippen molar-refractivity contribution in [2.24, 2.45) is 0 Å². The summed E-state index contributed by atoms with van der Waals surface area (Å²) in [6.07, 6.45) is 1.61. The summed E-state index contributed by atoms with van der Waals surface area (Å²) < 4.78 is 7.08. The van der Waals surface area contributed by atoms with Crippen LogP contribution in [0.4, 0.5) is 11.5 Å². The third-order valence-electron chi connectivity index (χ3n) is 4.03. The highest BCUT2D eigenvalue weighted by molar-refractivity contribution is 5.60. The Morgan fingerprint density at radius 3 is 2.56 bits per heavy atom. The molecule has 1 aromatic carbocycles. The highest BCUT2D eigenvalue weighted by atomic mass is 16.3. The summed E-state index contributed by atoms with van der Waals surface area (Å²) in [5.41, 5.74) is 3.17. The first-order chi connectivity index (χ1) is 12.1. The van der Waals surface area contributed by atoms with E-state index in [2.05, 4.69) is 58.5 Å². The molecule has 6 heteroatoms. The molecule has 0 aliphatic rings. The Morgan fingerprint density at radius 2 is 1.88 bits per heavy atom. The second kappa shape index (κ2) is 6.05. The predicted octanol–water partition coefficient (Wildman–Crippen LogP) is 4.56. The minimum atomic E-state index is 0.509. The van der Waals surface area contributed by atoms with E-state index in [1.807, 2.05) is 25.1 Å². The van der Waals surface area contributed by atoms with Gasteiger partial charge in [-0.15, -0.1) is 5.10 Å². The van der Waals surface area contributed by atoms with Gasteiger partial charge in [0.25, 0.3) is 5.78 Å². The summed E-state index contributed by atoms with van der Waals surface area (Å²) >= 11 is 0. The molecule has 0 spiro atoms. The third-order valence-corrected chi connectivity index (χ3v) is 4.03. The van der Waals surface area contributed by atoms with E-state index in [-0.39, 0.29) is 0 Å². The Bertz CT molecular complexity index is 1000. The number of nitrogens with one attached hydrogen (secondary N) is 1. The zero-order chi connectivity index (χ0) is 17.4. The zero-order valence-corrected chi connectivity index (χ0v) is 14.4. The lowest BCUT2D eigenvalue weighted by Gasteiger charge is -2.10. The molecular formula is C19H19N5O. The molecule has 126 valence electrons. The van der Waals surface area contributed by atoms with Crippen LogP contribution < -0.4 is 5.32 Å². The molecule has 4 rings (SSSR count). The van der Waals surface area contributed by atoms with Gasteiger partial charge < -0.3 is 9.73 Å². The molecular weight excluding hydrogens is 314 g/mol. The molecule has 0 unspecified atom stereocenters. The molecule has 4 aromatic rings. The Hall–Kier alpha value is -3.15. The Balaban J connectivity index is 1.73. The van der Waals surface area contributed by atoms with Gasteiger partial charge in [0.05, 0.1) is 6.26 Å². The van der Waals surface area contributed by atoms with Crippen LogP contribution in [-0.4, -0.2) is 19.6 Å². The molecule has 0 atom stereocenters. The minimum absolute atomic E-state index is 0.509. The molecule has 0 aliphatic carbocycles. The van der Waals surface area contributed by atoms with Crippen LogP contribution in [0.3, 0.4) is 0 Å². The van der Waals surface area contributed by atoms with Crippen LogP contribution in [0.15, 0.2) is 53.1 Å². The van der Waals surface area contributed by atoms with Crippen molar-refractivity contribution in [3.8, 4) is 11.6 Å². The van der Waals surface area contributed by atoms with Gasteiger partial charge in [0.2, 0.25) is 5.82 Å². The van der Waals surface area contributed by atoms with Gasteiger partial charge in [-0.3, -0.25) is 0 Å². The molecule has 6 nitrogen and oxygen atoms in total. The lowest BCUT2D eigenvalue weighted by molar-refractivity contribution is 0.577. The summed E-state index contributed by atoms with van der Waals surface area (Å²) in [4.78, 5) is 8.92. The van der Waals surface area contributed by atoms with Gasteiger partial charge in [0, 0.05) is 17.4 Å². The summed E-state index contributed by atoms with van der Waals surface area (Å²) in [6, 6.07) is 14.0. The fourth-order valence-electron chi connectivity index (χ4n) is 2.69. The van der Waals surface area contributed by atoms with Crippen LogP contribution in [0.1, 0.15) is 31.0 Å². The first-order valence-corrected chi connectivity index (χ1v) is 8.25. The standard InChI is InChI=1S/C19H19N5O/c1-12(2)14-6-8-15(9-7-14)21-17-11-13(3)20-19-22-18(23-24(17)19)16-5-4-10-25-16/h4-12,21H,1-3H3. The van der Waals surface area contributed by atoms with E-state index in [0.29, 0.717) is 23.3 Å². The van der Waals surface area contributed by atoms with E-state index in [1.54, 1.807) is 10.8 Å². The third kappa shape index (κ3) is 2.98. The summed E-state index contributed by atoms with van der Waals surface area (Å²) in [5, 5.41) is 7.93. The minimum Gasteiger partial charge on any atom is -0.461 e. The lowest BCUT2D eigenvalue weighted by Crippen LogP contribution is -2.02. The number of aromatic nitrogens is 4. The first-order valence-electron chi connectivity index (χ1n) is 8.25. The van der Waals surface area contributed by atoms with E-state index in [9.17, 15) is 0 Å². The topological polar surface area (TPSA) is 68.2 Å². The van der Waals surface area contributed by atoms with Crippen LogP contribution in [0.25, 0.3) is 17.4 Å². The largest absolute Gasteiger partial charge is 0.461 e. The normalized spacial score (nSPS) is 11.4. The van der Waals surface area contributed by atoms with Crippen molar-refractivity contribution >= 4 is 17.3 Å². The summed E-state index contributed by atoms with van der Waals surface area (Å²) in [6.45, 7) is 6.31. The average molecular weight is 333 g/mol. The van der Waals surface area contributed by atoms with Crippen LogP contribution in [-0.2, 0) is 0 Å². The smallest absolute Gasteiger partial charge is 0.255 e. The van der Waals surface area contributed by atoms with E-state index in [1.165, 1.54) is 5.56 Å². The molecule has 0 saturated carbocycles.